The first-order valence-electron chi connectivity index (χ1n) is 10.4. The summed E-state index contributed by atoms with van der Waals surface area (Å²) in [7, 11) is 4.62. The van der Waals surface area contributed by atoms with Crippen LogP contribution in [0.5, 0.6) is 28.7 Å². The van der Waals surface area contributed by atoms with Gasteiger partial charge in [0.25, 0.3) is 0 Å². The highest BCUT2D eigenvalue weighted by Crippen LogP contribution is 2.34. The van der Waals surface area contributed by atoms with Crippen molar-refractivity contribution in [1.82, 2.24) is 0 Å². The smallest absolute Gasteiger partial charge is 0.234 e. The molecule has 1 heterocycles. The molecular formula is C27H22O7. The lowest BCUT2D eigenvalue weighted by molar-refractivity contribution is 0.0816. The van der Waals surface area contributed by atoms with Gasteiger partial charge in [-0.2, -0.15) is 0 Å². The monoisotopic (exact) mass is 458 g/mol. The van der Waals surface area contributed by atoms with Crippen LogP contribution in [0.25, 0.3) is 0 Å². The van der Waals surface area contributed by atoms with Crippen LogP contribution in [0.15, 0.2) is 54.6 Å². The molecule has 0 unspecified atom stereocenters. The molecule has 0 aliphatic carbocycles. The molecule has 0 saturated carbocycles. The zero-order chi connectivity index (χ0) is 24.1. The lowest BCUT2D eigenvalue weighted by atomic mass is 9.96. The molecule has 0 fully saturated rings. The maximum atomic E-state index is 13.2. The number of carbonyl (C=O) groups excluding carboxylic acids is 2. The molecule has 0 saturated heterocycles. The van der Waals surface area contributed by atoms with Gasteiger partial charge in [0, 0.05) is 28.3 Å². The molecule has 0 aromatic heterocycles. The normalized spacial score (nSPS) is 11.6. The summed E-state index contributed by atoms with van der Waals surface area (Å²) in [6, 6.07) is 14.7. The van der Waals surface area contributed by atoms with Crippen LogP contribution in [0.4, 0.5) is 0 Å². The van der Waals surface area contributed by atoms with E-state index in [1.165, 1.54) is 20.3 Å². The van der Waals surface area contributed by atoms with Crippen molar-refractivity contribution in [1.29, 1.82) is 0 Å². The van der Waals surface area contributed by atoms with E-state index in [0.29, 0.717) is 53.1 Å². The first kappa shape index (κ1) is 22.7. The summed E-state index contributed by atoms with van der Waals surface area (Å²) < 4.78 is 27.0. The predicted octanol–water partition coefficient (Wildman–Crippen LogP) is 3.95. The molecule has 0 radical (unpaired) electrons. The number of Topliss-reactive ketones (excluding diaryl/α,β-unsaturated/α-hetero) is 2. The van der Waals surface area contributed by atoms with Crippen molar-refractivity contribution in [3.63, 3.8) is 0 Å². The Kier molecular flexibility index (Phi) is 6.69. The van der Waals surface area contributed by atoms with Crippen molar-refractivity contribution < 1.29 is 33.3 Å². The van der Waals surface area contributed by atoms with Crippen molar-refractivity contribution in [3.05, 3.63) is 76.9 Å². The molecule has 34 heavy (non-hydrogen) atoms. The van der Waals surface area contributed by atoms with Gasteiger partial charge < -0.3 is 23.7 Å². The largest absolute Gasteiger partial charge is 0.497 e. The molecule has 0 N–H and O–H groups in total. The Balaban J connectivity index is 1.74. The number of fused-ring (bicyclic) bond motifs is 1. The number of hydrogen-bond acceptors (Lipinski definition) is 7. The van der Waals surface area contributed by atoms with Gasteiger partial charge in [-0.25, -0.2) is 0 Å². The summed E-state index contributed by atoms with van der Waals surface area (Å²) in [5.74, 6) is 7.23. The average molecular weight is 458 g/mol. The second-order valence-electron chi connectivity index (χ2n) is 7.25. The molecule has 7 heteroatoms. The van der Waals surface area contributed by atoms with Gasteiger partial charge in [0.2, 0.25) is 11.6 Å². The number of ether oxygens (including phenoxy) is 5. The highest BCUT2D eigenvalue weighted by Gasteiger charge is 2.24. The SMILES string of the molecule is COc1ccc(C(=O)C(=O)c2cc3c(cc2C#Cc2ccc(OC)c(OC)c2)OCCO3)cc1. The van der Waals surface area contributed by atoms with Gasteiger partial charge in [-0.05, 0) is 48.5 Å². The van der Waals surface area contributed by atoms with E-state index in [4.69, 9.17) is 23.7 Å². The van der Waals surface area contributed by atoms with E-state index in [9.17, 15) is 9.59 Å². The first-order chi connectivity index (χ1) is 16.5. The molecule has 0 spiro atoms. The van der Waals surface area contributed by atoms with Crippen LogP contribution >= 0.6 is 0 Å². The van der Waals surface area contributed by atoms with Crippen molar-refractivity contribution in [2.75, 3.05) is 34.5 Å². The second kappa shape index (κ2) is 10.0. The van der Waals surface area contributed by atoms with Gasteiger partial charge in [-0.3, -0.25) is 9.59 Å². The minimum absolute atomic E-state index is 0.137. The van der Waals surface area contributed by atoms with E-state index >= 15 is 0 Å². The van der Waals surface area contributed by atoms with Crippen LogP contribution in [0.3, 0.4) is 0 Å². The quantitative estimate of drug-likeness (QED) is 0.314. The Labute approximate surface area is 197 Å². The van der Waals surface area contributed by atoms with Gasteiger partial charge in [-0.15, -0.1) is 0 Å². The highest BCUT2D eigenvalue weighted by molar-refractivity contribution is 6.49. The summed E-state index contributed by atoms with van der Waals surface area (Å²) in [6.45, 7) is 0.733. The van der Waals surface area contributed by atoms with E-state index in [0.717, 1.165) is 0 Å². The standard InChI is InChI=1S/C27H22O7/c1-30-20-9-7-18(8-10-20)26(28)27(29)21-16-25-24(33-12-13-34-25)15-19(21)6-4-17-5-11-22(31-2)23(14-17)32-3/h5,7-11,14-16H,12-13H2,1-3H3. The molecule has 7 nitrogen and oxygen atoms in total. The molecule has 3 aromatic rings. The van der Waals surface area contributed by atoms with Gasteiger partial charge >= 0.3 is 0 Å². The predicted molar refractivity (Wildman–Crippen MR) is 125 cm³/mol. The number of rotatable bonds is 6. The second-order valence-corrected chi connectivity index (χ2v) is 7.25. The van der Waals surface area contributed by atoms with Crippen LogP contribution in [-0.2, 0) is 0 Å². The number of benzene rings is 3. The Morgan fingerprint density at radius 2 is 1.41 bits per heavy atom. The van der Waals surface area contributed by atoms with E-state index in [1.54, 1.807) is 55.6 Å². The number of hydrogen-bond donors (Lipinski definition) is 0. The van der Waals surface area contributed by atoms with E-state index in [2.05, 4.69) is 11.8 Å². The van der Waals surface area contributed by atoms with Crippen LogP contribution < -0.4 is 23.7 Å². The molecule has 0 atom stereocenters. The Bertz CT molecular complexity index is 1300. The Hall–Kier alpha value is -4.44. The maximum absolute atomic E-state index is 13.2. The molecule has 0 amide bonds. The Morgan fingerprint density at radius 1 is 0.735 bits per heavy atom. The number of carbonyl (C=O) groups is 2. The number of ketones is 2. The molecule has 172 valence electrons. The third-order valence-electron chi connectivity index (χ3n) is 5.21. The van der Waals surface area contributed by atoms with E-state index in [1.807, 2.05) is 0 Å². The minimum atomic E-state index is -0.696. The maximum Gasteiger partial charge on any atom is 0.234 e. The lowest BCUT2D eigenvalue weighted by Crippen LogP contribution is -2.19. The van der Waals surface area contributed by atoms with Gasteiger partial charge in [0.05, 0.1) is 21.3 Å². The van der Waals surface area contributed by atoms with Crippen LogP contribution in [0.1, 0.15) is 31.8 Å². The molecule has 1 aliphatic heterocycles. The summed E-state index contributed by atoms with van der Waals surface area (Å²) in [5.41, 5.74) is 1.39. The van der Waals surface area contributed by atoms with E-state index < -0.39 is 11.6 Å². The Morgan fingerprint density at radius 3 is 2.06 bits per heavy atom. The topological polar surface area (TPSA) is 80.3 Å². The number of methoxy groups -OCH3 is 3. The molecule has 4 rings (SSSR count). The molecular weight excluding hydrogens is 436 g/mol. The van der Waals surface area contributed by atoms with Crippen molar-refractivity contribution >= 4 is 11.6 Å². The third kappa shape index (κ3) is 4.66. The molecule has 0 bridgehead atoms. The average Bonchev–Trinajstić information content (AvgIpc) is 2.90. The molecule has 3 aromatic carbocycles. The third-order valence-corrected chi connectivity index (χ3v) is 5.21. The summed E-state index contributed by atoms with van der Waals surface area (Å²) in [5, 5.41) is 0. The zero-order valence-corrected chi connectivity index (χ0v) is 19.0. The van der Waals surface area contributed by atoms with Gasteiger partial charge in [0.15, 0.2) is 23.0 Å². The van der Waals surface area contributed by atoms with Crippen LogP contribution in [0, 0.1) is 11.8 Å². The summed E-state index contributed by atoms with van der Waals surface area (Å²) in [6.07, 6.45) is 0. The minimum Gasteiger partial charge on any atom is -0.497 e. The van der Waals surface area contributed by atoms with Crippen molar-refractivity contribution in [3.8, 4) is 40.6 Å². The van der Waals surface area contributed by atoms with Crippen molar-refractivity contribution in [2.45, 2.75) is 0 Å². The fourth-order valence-corrected chi connectivity index (χ4v) is 3.43. The summed E-state index contributed by atoms with van der Waals surface area (Å²) in [4.78, 5) is 26.2. The van der Waals surface area contributed by atoms with Crippen LogP contribution in [-0.4, -0.2) is 46.1 Å². The first-order valence-corrected chi connectivity index (χ1v) is 10.4. The zero-order valence-electron chi connectivity index (χ0n) is 19.0. The summed E-state index contributed by atoms with van der Waals surface area (Å²) >= 11 is 0. The van der Waals surface area contributed by atoms with Gasteiger partial charge in [0.1, 0.15) is 19.0 Å². The lowest BCUT2D eigenvalue weighted by Gasteiger charge is -2.19. The van der Waals surface area contributed by atoms with Crippen molar-refractivity contribution in [2.24, 2.45) is 0 Å². The van der Waals surface area contributed by atoms with E-state index in [-0.39, 0.29) is 11.1 Å². The van der Waals surface area contributed by atoms with Crippen LogP contribution in [0.2, 0.25) is 0 Å². The van der Waals surface area contributed by atoms with Gasteiger partial charge in [-0.1, -0.05) is 11.8 Å². The fraction of sp³-hybridized carbons (Fsp3) is 0.185. The fourth-order valence-electron chi connectivity index (χ4n) is 3.43. The highest BCUT2D eigenvalue weighted by atomic mass is 16.6. The molecule has 1 aliphatic rings.